The topological polar surface area (TPSA) is 85.8 Å². The van der Waals surface area contributed by atoms with Crippen LogP contribution in [0.3, 0.4) is 0 Å². The molecule has 4 aromatic rings. The molecule has 0 aliphatic carbocycles. The van der Waals surface area contributed by atoms with Gasteiger partial charge in [0, 0.05) is 17.3 Å². The van der Waals surface area contributed by atoms with E-state index in [2.05, 4.69) is 26.9 Å². The van der Waals surface area contributed by atoms with E-state index in [0.717, 1.165) is 16.8 Å². The maximum Gasteiger partial charge on any atom is 0.168 e. The number of nitrogens with one attached hydrogen (secondary N) is 3. The minimum atomic E-state index is -0.269. The zero-order valence-electron chi connectivity index (χ0n) is 16.9. The van der Waals surface area contributed by atoms with Crippen molar-refractivity contribution in [3.8, 4) is 11.8 Å². The lowest BCUT2D eigenvalue weighted by Crippen LogP contribution is -2.02. The highest BCUT2D eigenvalue weighted by molar-refractivity contribution is 6.30. The fourth-order valence-corrected chi connectivity index (χ4v) is 3.21. The lowest BCUT2D eigenvalue weighted by Gasteiger charge is -2.08. The van der Waals surface area contributed by atoms with Gasteiger partial charge in [0.2, 0.25) is 0 Å². The number of H-pyrrole nitrogens is 1. The van der Waals surface area contributed by atoms with Crippen LogP contribution in [0.4, 0.5) is 21.7 Å². The summed E-state index contributed by atoms with van der Waals surface area (Å²) in [6.45, 7) is 0.841. The van der Waals surface area contributed by atoms with E-state index in [9.17, 15) is 9.65 Å². The van der Waals surface area contributed by atoms with Crippen molar-refractivity contribution in [1.82, 2.24) is 10.2 Å². The van der Waals surface area contributed by atoms with Crippen LogP contribution < -0.4 is 15.4 Å². The molecule has 0 atom stereocenters. The molecule has 6 nitrogen and oxygen atoms in total. The van der Waals surface area contributed by atoms with E-state index in [1.165, 1.54) is 12.1 Å². The average molecular weight is 448 g/mol. The highest BCUT2D eigenvalue weighted by Crippen LogP contribution is 2.25. The molecular weight excluding hydrogens is 429 g/mol. The number of aromatic nitrogens is 2. The van der Waals surface area contributed by atoms with E-state index >= 15 is 0 Å². The van der Waals surface area contributed by atoms with Gasteiger partial charge in [0.05, 0.1) is 0 Å². The van der Waals surface area contributed by atoms with Crippen molar-refractivity contribution in [3.63, 3.8) is 0 Å². The standard InChI is InChI=1S/C24H19ClFN5O/c25-18-2-1-3-20(12-18)29-24-22(13-27)23(30-31-24)28-14-16-6-10-21(11-7-16)32-15-17-4-8-19(26)9-5-17/h1-12H,14-15H2,(H3,28,29,30,31). The summed E-state index contributed by atoms with van der Waals surface area (Å²) >= 11 is 6.01. The molecule has 160 valence electrons. The van der Waals surface area contributed by atoms with Crippen LogP contribution in [0.2, 0.25) is 5.02 Å². The zero-order valence-corrected chi connectivity index (χ0v) is 17.7. The summed E-state index contributed by atoms with van der Waals surface area (Å²) < 4.78 is 18.7. The molecule has 1 aromatic heterocycles. The predicted molar refractivity (Wildman–Crippen MR) is 123 cm³/mol. The Morgan fingerprint density at radius 2 is 1.78 bits per heavy atom. The van der Waals surface area contributed by atoms with Crippen LogP contribution in [0.1, 0.15) is 16.7 Å². The fourth-order valence-electron chi connectivity index (χ4n) is 3.02. The molecule has 0 aliphatic heterocycles. The Morgan fingerprint density at radius 1 is 1.03 bits per heavy atom. The predicted octanol–water partition coefficient (Wildman–Crippen LogP) is 6.01. The molecule has 32 heavy (non-hydrogen) atoms. The Labute approximate surface area is 189 Å². The van der Waals surface area contributed by atoms with E-state index in [1.54, 1.807) is 24.3 Å². The molecule has 0 aliphatic rings. The Kier molecular flexibility index (Phi) is 6.54. The van der Waals surface area contributed by atoms with Crippen molar-refractivity contribution in [2.45, 2.75) is 13.2 Å². The number of anilines is 3. The molecule has 8 heteroatoms. The summed E-state index contributed by atoms with van der Waals surface area (Å²) in [7, 11) is 0. The van der Waals surface area contributed by atoms with Crippen LogP contribution in [-0.2, 0) is 13.2 Å². The van der Waals surface area contributed by atoms with Crippen molar-refractivity contribution >= 4 is 28.9 Å². The van der Waals surface area contributed by atoms with E-state index in [4.69, 9.17) is 16.3 Å². The quantitative estimate of drug-likeness (QED) is 0.308. The van der Waals surface area contributed by atoms with Crippen molar-refractivity contribution in [2.75, 3.05) is 10.6 Å². The normalized spacial score (nSPS) is 10.4. The second-order valence-corrected chi connectivity index (χ2v) is 7.42. The van der Waals surface area contributed by atoms with Crippen LogP contribution in [0.25, 0.3) is 0 Å². The Morgan fingerprint density at radius 3 is 2.50 bits per heavy atom. The first-order valence-corrected chi connectivity index (χ1v) is 10.2. The van der Waals surface area contributed by atoms with Gasteiger partial charge < -0.3 is 15.4 Å². The molecule has 0 spiro atoms. The molecule has 0 radical (unpaired) electrons. The molecule has 4 rings (SSSR count). The second kappa shape index (κ2) is 9.86. The first-order chi connectivity index (χ1) is 15.6. The van der Waals surface area contributed by atoms with Crippen molar-refractivity contribution in [1.29, 1.82) is 5.26 Å². The third-order valence-corrected chi connectivity index (χ3v) is 4.91. The van der Waals surface area contributed by atoms with Gasteiger partial charge in [-0.2, -0.15) is 10.4 Å². The van der Waals surface area contributed by atoms with Gasteiger partial charge in [0.25, 0.3) is 0 Å². The number of ether oxygens (including phenoxy) is 1. The summed E-state index contributed by atoms with van der Waals surface area (Å²) in [6, 6.07) is 23.2. The summed E-state index contributed by atoms with van der Waals surface area (Å²) in [5.74, 6) is 1.38. The number of nitrogens with zero attached hydrogens (tertiary/aromatic N) is 2. The van der Waals surface area contributed by atoms with Crippen molar-refractivity contribution in [3.05, 3.63) is 100 Å². The molecular formula is C24H19ClFN5O. The average Bonchev–Trinajstić information content (AvgIpc) is 3.19. The summed E-state index contributed by atoms with van der Waals surface area (Å²) in [5, 5.41) is 23.5. The van der Waals surface area contributed by atoms with Gasteiger partial charge in [0.15, 0.2) is 5.82 Å². The monoisotopic (exact) mass is 447 g/mol. The summed E-state index contributed by atoms with van der Waals surface area (Å²) in [4.78, 5) is 0. The van der Waals surface area contributed by atoms with Crippen molar-refractivity contribution < 1.29 is 9.13 Å². The molecule has 3 aromatic carbocycles. The third-order valence-electron chi connectivity index (χ3n) is 4.67. The Hall–Kier alpha value is -4.02. The van der Waals surface area contributed by atoms with Crippen LogP contribution in [-0.4, -0.2) is 10.2 Å². The number of halogens is 2. The SMILES string of the molecule is N#Cc1c(NCc2ccc(OCc3ccc(F)cc3)cc2)n[nH]c1Nc1cccc(Cl)c1. The molecule has 0 fully saturated rings. The summed E-state index contributed by atoms with van der Waals surface area (Å²) in [5.41, 5.74) is 3.02. The minimum absolute atomic E-state index is 0.269. The first kappa shape index (κ1) is 21.2. The lowest BCUT2D eigenvalue weighted by molar-refractivity contribution is 0.306. The van der Waals surface area contributed by atoms with Crippen LogP contribution in [0.15, 0.2) is 72.8 Å². The number of rotatable bonds is 8. The number of nitriles is 1. The fraction of sp³-hybridized carbons (Fsp3) is 0.0833. The zero-order chi connectivity index (χ0) is 22.3. The van der Waals surface area contributed by atoms with E-state index < -0.39 is 0 Å². The molecule has 3 N–H and O–H groups in total. The lowest BCUT2D eigenvalue weighted by atomic mass is 10.2. The maximum atomic E-state index is 13.0. The van der Waals surface area contributed by atoms with Gasteiger partial charge in [-0.1, -0.05) is 41.9 Å². The van der Waals surface area contributed by atoms with Gasteiger partial charge in [-0.15, -0.1) is 0 Å². The summed E-state index contributed by atoms with van der Waals surface area (Å²) in [6.07, 6.45) is 0. The second-order valence-electron chi connectivity index (χ2n) is 6.98. The largest absolute Gasteiger partial charge is 0.489 e. The highest BCUT2D eigenvalue weighted by Gasteiger charge is 2.13. The molecule has 0 saturated carbocycles. The Balaban J connectivity index is 1.34. The molecule has 0 unspecified atom stereocenters. The van der Waals surface area contributed by atoms with E-state index in [1.807, 2.05) is 36.4 Å². The smallest absolute Gasteiger partial charge is 0.168 e. The molecule has 0 bridgehead atoms. The van der Waals surface area contributed by atoms with E-state index in [-0.39, 0.29) is 5.82 Å². The molecule has 0 amide bonds. The van der Waals surface area contributed by atoms with Crippen LogP contribution >= 0.6 is 11.6 Å². The van der Waals surface area contributed by atoms with Crippen molar-refractivity contribution in [2.24, 2.45) is 0 Å². The first-order valence-electron chi connectivity index (χ1n) is 9.82. The molecule has 1 heterocycles. The van der Waals surface area contributed by atoms with Gasteiger partial charge in [-0.05, 0) is 53.6 Å². The van der Waals surface area contributed by atoms with Gasteiger partial charge in [-0.25, -0.2) is 4.39 Å². The van der Waals surface area contributed by atoms with Gasteiger partial charge in [0.1, 0.15) is 35.6 Å². The number of hydrogen-bond donors (Lipinski definition) is 3. The Bertz CT molecular complexity index is 1230. The van der Waals surface area contributed by atoms with Gasteiger partial charge >= 0.3 is 0 Å². The van der Waals surface area contributed by atoms with Gasteiger partial charge in [-0.3, -0.25) is 5.10 Å². The van der Waals surface area contributed by atoms with E-state index in [0.29, 0.717) is 41.1 Å². The van der Waals surface area contributed by atoms with Crippen LogP contribution in [0, 0.1) is 17.1 Å². The third kappa shape index (κ3) is 5.36. The maximum absolute atomic E-state index is 13.0. The van der Waals surface area contributed by atoms with Crippen LogP contribution in [0.5, 0.6) is 5.75 Å². The number of aromatic amines is 1. The highest BCUT2D eigenvalue weighted by atomic mass is 35.5. The number of hydrogen-bond acceptors (Lipinski definition) is 5. The number of benzene rings is 3. The minimum Gasteiger partial charge on any atom is -0.489 e. The molecule has 0 saturated heterocycles.